The van der Waals surface area contributed by atoms with Gasteiger partial charge in [-0.2, -0.15) is 0 Å². The number of rotatable bonds is 3. The highest BCUT2D eigenvalue weighted by Crippen LogP contribution is 2.18. The minimum atomic E-state index is 0.0154. The number of ether oxygens (including phenoxy) is 1. The van der Waals surface area contributed by atoms with Crippen LogP contribution in [0.5, 0.6) is 5.75 Å². The third kappa shape index (κ3) is 2.97. The molecular weight excluding hydrogens is 266 g/mol. The van der Waals surface area contributed by atoms with Crippen LogP contribution in [0.15, 0.2) is 29.1 Å². The van der Waals surface area contributed by atoms with Gasteiger partial charge in [-0.05, 0) is 31.0 Å². The van der Waals surface area contributed by atoms with E-state index in [1.165, 1.54) is 5.56 Å². The van der Waals surface area contributed by atoms with Gasteiger partial charge in [0.15, 0.2) is 0 Å². The first-order valence-electron chi connectivity index (χ1n) is 7.09. The first-order valence-corrected chi connectivity index (χ1v) is 7.09. The number of aryl methyl sites for hydroxylation is 1. The van der Waals surface area contributed by atoms with Crippen molar-refractivity contribution in [1.29, 1.82) is 0 Å². The van der Waals surface area contributed by atoms with Crippen molar-refractivity contribution in [3.8, 4) is 5.75 Å². The third-order valence-electron chi connectivity index (χ3n) is 3.84. The van der Waals surface area contributed by atoms with Crippen LogP contribution >= 0.6 is 0 Å². The number of methoxy groups -OCH3 is 1. The average molecular weight is 285 g/mol. The van der Waals surface area contributed by atoms with Gasteiger partial charge in [-0.15, -0.1) is 0 Å². The topological polar surface area (TPSA) is 58.2 Å². The standard InChI is InChI=1S/C16H19N3O2/c1-11-17-15-10-19(8-7-14(15)16(20)18-11)9-12-3-5-13(21-2)6-4-12/h3-6H,7-10H2,1-2H3,(H,17,18,20). The van der Waals surface area contributed by atoms with Crippen LogP contribution in [-0.2, 0) is 19.5 Å². The van der Waals surface area contributed by atoms with Gasteiger partial charge in [-0.3, -0.25) is 9.69 Å². The predicted molar refractivity (Wildman–Crippen MR) is 80.4 cm³/mol. The summed E-state index contributed by atoms with van der Waals surface area (Å²) in [6.07, 6.45) is 0.758. The summed E-state index contributed by atoms with van der Waals surface area (Å²) < 4.78 is 5.17. The molecule has 0 bridgehead atoms. The SMILES string of the molecule is COc1ccc(CN2CCc3c(nc(C)[nH]c3=O)C2)cc1. The number of aromatic amines is 1. The van der Waals surface area contributed by atoms with Gasteiger partial charge in [-0.25, -0.2) is 4.98 Å². The Hall–Kier alpha value is -2.14. The van der Waals surface area contributed by atoms with Gasteiger partial charge < -0.3 is 9.72 Å². The second-order valence-electron chi connectivity index (χ2n) is 5.39. The maximum Gasteiger partial charge on any atom is 0.254 e. The molecule has 21 heavy (non-hydrogen) atoms. The quantitative estimate of drug-likeness (QED) is 0.931. The Labute approximate surface area is 123 Å². The number of fused-ring (bicyclic) bond motifs is 1. The lowest BCUT2D eigenvalue weighted by Gasteiger charge is -2.27. The molecule has 1 aromatic carbocycles. The van der Waals surface area contributed by atoms with Crippen molar-refractivity contribution in [3.63, 3.8) is 0 Å². The number of hydrogen-bond acceptors (Lipinski definition) is 4. The van der Waals surface area contributed by atoms with Crippen molar-refractivity contribution in [3.05, 3.63) is 57.3 Å². The lowest BCUT2D eigenvalue weighted by atomic mass is 10.1. The molecule has 1 aliphatic heterocycles. The lowest BCUT2D eigenvalue weighted by molar-refractivity contribution is 0.240. The summed E-state index contributed by atoms with van der Waals surface area (Å²) in [7, 11) is 1.67. The third-order valence-corrected chi connectivity index (χ3v) is 3.84. The Bertz CT molecular complexity index is 692. The van der Waals surface area contributed by atoms with E-state index in [-0.39, 0.29) is 5.56 Å². The molecule has 1 N–H and O–H groups in total. The van der Waals surface area contributed by atoms with Crippen LogP contribution in [0.2, 0.25) is 0 Å². The molecule has 0 amide bonds. The molecule has 0 fully saturated rings. The molecule has 0 radical (unpaired) electrons. The minimum Gasteiger partial charge on any atom is -0.497 e. The Morgan fingerprint density at radius 2 is 2.10 bits per heavy atom. The molecule has 2 heterocycles. The second kappa shape index (κ2) is 5.69. The van der Waals surface area contributed by atoms with Crippen molar-refractivity contribution >= 4 is 0 Å². The molecule has 2 aromatic rings. The normalized spacial score (nSPS) is 14.8. The molecule has 0 saturated carbocycles. The molecule has 1 aromatic heterocycles. The van der Waals surface area contributed by atoms with Gasteiger partial charge in [0.1, 0.15) is 11.6 Å². The van der Waals surface area contributed by atoms with Gasteiger partial charge in [-0.1, -0.05) is 12.1 Å². The van der Waals surface area contributed by atoms with Gasteiger partial charge in [0.2, 0.25) is 0 Å². The van der Waals surface area contributed by atoms with Crippen molar-refractivity contribution in [2.24, 2.45) is 0 Å². The van der Waals surface area contributed by atoms with E-state index in [4.69, 9.17) is 4.74 Å². The smallest absolute Gasteiger partial charge is 0.254 e. The monoisotopic (exact) mass is 285 g/mol. The van der Waals surface area contributed by atoms with Crippen LogP contribution in [0, 0.1) is 6.92 Å². The van der Waals surface area contributed by atoms with Crippen molar-refractivity contribution in [2.45, 2.75) is 26.4 Å². The number of H-pyrrole nitrogens is 1. The van der Waals surface area contributed by atoms with Crippen LogP contribution in [0.3, 0.4) is 0 Å². The van der Waals surface area contributed by atoms with Crippen LogP contribution in [0.25, 0.3) is 0 Å². The van der Waals surface area contributed by atoms with E-state index in [0.29, 0.717) is 5.82 Å². The molecule has 3 rings (SSSR count). The van der Waals surface area contributed by atoms with E-state index in [9.17, 15) is 4.79 Å². The van der Waals surface area contributed by atoms with E-state index in [1.807, 2.05) is 19.1 Å². The fraction of sp³-hybridized carbons (Fsp3) is 0.375. The molecule has 0 spiro atoms. The molecule has 1 aliphatic rings. The maximum absolute atomic E-state index is 11.9. The summed E-state index contributed by atoms with van der Waals surface area (Å²) in [5.74, 6) is 1.55. The highest BCUT2D eigenvalue weighted by Gasteiger charge is 2.20. The summed E-state index contributed by atoms with van der Waals surface area (Å²) in [6.45, 7) is 4.29. The van der Waals surface area contributed by atoms with Gasteiger partial charge >= 0.3 is 0 Å². The largest absolute Gasteiger partial charge is 0.497 e. The van der Waals surface area contributed by atoms with Crippen LogP contribution in [0.4, 0.5) is 0 Å². The average Bonchev–Trinajstić information content (AvgIpc) is 2.47. The molecule has 0 atom stereocenters. The van der Waals surface area contributed by atoms with Crippen molar-refractivity contribution in [1.82, 2.24) is 14.9 Å². The second-order valence-corrected chi connectivity index (χ2v) is 5.39. The van der Waals surface area contributed by atoms with Gasteiger partial charge in [0.05, 0.1) is 12.8 Å². The van der Waals surface area contributed by atoms with Crippen LogP contribution in [-0.4, -0.2) is 28.5 Å². The van der Waals surface area contributed by atoms with E-state index >= 15 is 0 Å². The molecule has 0 saturated heterocycles. The van der Waals surface area contributed by atoms with Gasteiger partial charge in [0, 0.05) is 25.2 Å². The lowest BCUT2D eigenvalue weighted by Crippen LogP contribution is -2.35. The summed E-state index contributed by atoms with van der Waals surface area (Å²) in [5.41, 5.74) is 3.00. The van der Waals surface area contributed by atoms with E-state index in [1.54, 1.807) is 7.11 Å². The molecule has 110 valence electrons. The first-order chi connectivity index (χ1) is 10.2. The molecular formula is C16H19N3O2. The predicted octanol–water partition coefficient (Wildman–Crippen LogP) is 1.65. The highest BCUT2D eigenvalue weighted by atomic mass is 16.5. The van der Waals surface area contributed by atoms with Crippen LogP contribution in [0.1, 0.15) is 22.6 Å². The van der Waals surface area contributed by atoms with E-state index < -0.39 is 0 Å². The van der Waals surface area contributed by atoms with E-state index in [2.05, 4.69) is 27.0 Å². The number of aromatic nitrogens is 2. The molecule has 0 aliphatic carbocycles. The Morgan fingerprint density at radius 1 is 1.33 bits per heavy atom. The number of hydrogen-bond donors (Lipinski definition) is 1. The fourth-order valence-electron chi connectivity index (χ4n) is 2.74. The Morgan fingerprint density at radius 3 is 2.81 bits per heavy atom. The zero-order valence-electron chi connectivity index (χ0n) is 12.3. The fourth-order valence-corrected chi connectivity index (χ4v) is 2.74. The molecule has 0 unspecified atom stereocenters. The first kappa shape index (κ1) is 13.8. The maximum atomic E-state index is 11.9. The minimum absolute atomic E-state index is 0.0154. The number of nitrogens with one attached hydrogen (secondary N) is 1. The highest BCUT2D eigenvalue weighted by molar-refractivity contribution is 5.27. The zero-order valence-corrected chi connectivity index (χ0v) is 12.3. The molecule has 5 nitrogen and oxygen atoms in total. The van der Waals surface area contributed by atoms with E-state index in [0.717, 1.165) is 43.1 Å². The summed E-state index contributed by atoms with van der Waals surface area (Å²) in [4.78, 5) is 21.5. The molecule has 5 heteroatoms. The zero-order chi connectivity index (χ0) is 14.8. The van der Waals surface area contributed by atoms with Crippen molar-refractivity contribution in [2.75, 3.05) is 13.7 Å². The van der Waals surface area contributed by atoms with Crippen LogP contribution < -0.4 is 10.3 Å². The number of nitrogens with zero attached hydrogens (tertiary/aromatic N) is 2. The summed E-state index contributed by atoms with van der Waals surface area (Å²) in [5, 5.41) is 0. The Kier molecular flexibility index (Phi) is 3.75. The van der Waals surface area contributed by atoms with Gasteiger partial charge in [0.25, 0.3) is 5.56 Å². The summed E-state index contributed by atoms with van der Waals surface area (Å²) >= 11 is 0. The Balaban J connectivity index is 1.75. The number of benzene rings is 1. The summed E-state index contributed by atoms with van der Waals surface area (Å²) in [6, 6.07) is 8.09. The van der Waals surface area contributed by atoms with Crippen molar-refractivity contribution < 1.29 is 4.74 Å².